The number of nitrogens with zero attached hydrogens (tertiary/aromatic N) is 2. The van der Waals surface area contributed by atoms with Crippen molar-refractivity contribution in [1.29, 1.82) is 0 Å². The van der Waals surface area contributed by atoms with Crippen LogP contribution in [0.4, 0.5) is 5.82 Å². The lowest BCUT2D eigenvalue weighted by molar-refractivity contribution is -0.148. The zero-order valence-electron chi connectivity index (χ0n) is 14.3. The molecule has 1 heterocycles. The van der Waals surface area contributed by atoms with Gasteiger partial charge in [-0.15, -0.1) is 0 Å². The first-order valence-electron chi connectivity index (χ1n) is 7.85. The summed E-state index contributed by atoms with van der Waals surface area (Å²) in [4.78, 5) is 24.0. The molecule has 1 aromatic carbocycles. The van der Waals surface area contributed by atoms with Crippen molar-refractivity contribution in [2.24, 2.45) is 0 Å². The van der Waals surface area contributed by atoms with E-state index >= 15 is 0 Å². The van der Waals surface area contributed by atoms with Crippen LogP contribution < -0.4 is 5.32 Å². The number of carbonyl (C=O) groups is 2. The number of anilines is 1. The molecule has 1 aromatic heterocycles. The molecule has 0 aliphatic heterocycles. The lowest BCUT2D eigenvalue weighted by Gasteiger charge is -2.15. The molecule has 0 bridgehead atoms. The Morgan fingerprint density at radius 1 is 1.20 bits per heavy atom. The van der Waals surface area contributed by atoms with Crippen LogP contribution in [0.5, 0.6) is 0 Å². The van der Waals surface area contributed by atoms with Crippen molar-refractivity contribution in [3.05, 3.63) is 52.6 Å². The van der Waals surface area contributed by atoms with Gasteiger partial charge >= 0.3 is 5.97 Å². The number of amides is 1. The Bertz CT molecular complexity index is 766. The largest absolute Gasteiger partial charge is 0.449 e. The Morgan fingerprint density at radius 3 is 2.52 bits per heavy atom. The van der Waals surface area contributed by atoms with E-state index in [-0.39, 0.29) is 6.04 Å². The Kier molecular flexibility index (Phi) is 6.52. The van der Waals surface area contributed by atoms with Gasteiger partial charge in [-0.05, 0) is 44.5 Å². The second kappa shape index (κ2) is 8.62. The summed E-state index contributed by atoms with van der Waals surface area (Å²) in [5.41, 5.74) is 0.859. The summed E-state index contributed by atoms with van der Waals surface area (Å²) in [6, 6.07) is 9.27. The molecular formula is C18H20BrN3O3. The average Bonchev–Trinajstić information content (AvgIpc) is 3.02. The lowest BCUT2D eigenvalue weighted by atomic mass is 10.2. The van der Waals surface area contributed by atoms with Gasteiger partial charge in [-0.2, -0.15) is 5.10 Å². The van der Waals surface area contributed by atoms with Crippen molar-refractivity contribution < 1.29 is 14.3 Å². The number of nitrogens with one attached hydrogen (secondary N) is 1. The minimum Gasteiger partial charge on any atom is -0.449 e. The molecule has 7 heteroatoms. The number of ether oxygens (including phenoxy) is 1. The molecule has 0 aliphatic rings. The third-order valence-electron chi connectivity index (χ3n) is 3.35. The van der Waals surface area contributed by atoms with E-state index in [9.17, 15) is 9.59 Å². The van der Waals surface area contributed by atoms with E-state index in [0.717, 1.165) is 10.0 Å². The highest BCUT2D eigenvalue weighted by molar-refractivity contribution is 9.10. The number of hydrogen-bond acceptors (Lipinski definition) is 4. The molecule has 0 unspecified atom stereocenters. The van der Waals surface area contributed by atoms with E-state index in [1.165, 1.54) is 13.0 Å². The topological polar surface area (TPSA) is 73.2 Å². The highest BCUT2D eigenvalue weighted by atomic mass is 79.9. The van der Waals surface area contributed by atoms with Crippen molar-refractivity contribution in [1.82, 2.24) is 9.78 Å². The van der Waals surface area contributed by atoms with E-state index in [4.69, 9.17) is 4.74 Å². The molecule has 0 radical (unpaired) electrons. The molecule has 6 nitrogen and oxygen atoms in total. The van der Waals surface area contributed by atoms with Gasteiger partial charge in [-0.25, -0.2) is 9.48 Å². The minimum absolute atomic E-state index is 0.108. The van der Waals surface area contributed by atoms with Gasteiger partial charge in [0.2, 0.25) is 0 Å². The number of halogens is 1. The Morgan fingerprint density at radius 2 is 1.88 bits per heavy atom. The zero-order chi connectivity index (χ0) is 18.4. The van der Waals surface area contributed by atoms with E-state index < -0.39 is 18.0 Å². The highest BCUT2D eigenvalue weighted by Crippen LogP contribution is 2.14. The molecule has 25 heavy (non-hydrogen) atoms. The summed E-state index contributed by atoms with van der Waals surface area (Å²) >= 11 is 3.35. The molecule has 1 N–H and O–H groups in total. The molecule has 0 spiro atoms. The summed E-state index contributed by atoms with van der Waals surface area (Å²) in [7, 11) is 0. The van der Waals surface area contributed by atoms with E-state index in [1.807, 2.05) is 38.1 Å². The number of benzene rings is 1. The van der Waals surface area contributed by atoms with Gasteiger partial charge in [0.15, 0.2) is 6.10 Å². The second-order valence-corrected chi connectivity index (χ2v) is 6.62. The standard InChI is InChI=1S/C18H20BrN3O3/c1-12(2)22-16(10-11-20-22)21-18(24)13(3)25-17(23)9-6-14-4-7-15(19)8-5-14/h4-13H,1-3H3,(H,21,24)/b9-6+/t13-/m1/s1. The van der Waals surface area contributed by atoms with Crippen LogP contribution in [0.25, 0.3) is 6.08 Å². The van der Waals surface area contributed by atoms with Crippen LogP contribution in [0.15, 0.2) is 47.1 Å². The Balaban J connectivity index is 1.90. The minimum atomic E-state index is -0.919. The molecule has 1 atom stereocenters. The van der Waals surface area contributed by atoms with Crippen LogP contribution in [0.3, 0.4) is 0 Å². The van der Waals surface area contributed by atoms with Gasteiger partial charge in [0.25, 0.3) is 5.91 Å². The van der Waals surface area contributed by atoms with Crippen LogP contribution in [-0.2, 0) is 14.3 Å². The van der Waals surface area contributed by atoms with Gasteiger partial charge < -0.3 is 10.1 Å². The van der Waals surface area contributed by atoms with Crippen molar-refractivity contribution in [2.45, 2.75) is 32.9 Å². The average molecular weight is 406 g/mol. The third kappa shape index (κ3) is 5.56. The fraction of sp³-hybridized carbons (Fsp3) is 0.278. The molecule has 1 amide bonds. The van der Waals surface area contributed by atoms with Crippen LogP contribution >= 0.6 is 15.9 Å². The quantitative estimate of drug-likeness (QED) is 0.585. The van der Waals surface area contributed by atoms with Crippen LogP contribution in [0, 0.1) is 0 Å². The smallest absolute Gasteiger partial charge is 0.331 e. The zero-order valence-corrected chi connectivity index (χ0v) is 15.9. The van der Waals surface area contributed by atoms with Crippen LogP contribution in [0.1, 0.15) is 32.4 Å². The molecule has 132 valence electrons. The van der Waals surface area contributed by atoms with Crippen molar-refractivity contribution in [3.63, 3.8) is 0 Å². The first-order chi connectivity index (χ1) is 11.9. The summed E-state index contributed by atoms with van der Waals surface area (Å²) in [6.45, 7) is 5.44. The molecule has 0 fully saturated rings. The fourth-order valence-corrected chi connectivity index (χ4v) is 2.32. The summed E-state index contributed by atoms with van der Waals surface area (Å²) in [5, 5.41) is 6.85. The van der Waals surface area contributed by atoms with Gasteiger partial charge in [-0.3, -0.25) is 4.79 Å². The first-order valence-corrected chi connectivity index (χ1v) is 8.64. The van der Waals surface area contributed by atoms with Gasteiger partial charge in [0.1, 0.15) is 5.82 Å². The number of hydrogen-bond donors (Lipinski definition) is 1. The number of carbonyl (C=O) groups excluding carboxylic acids is 2. The van der Waals surface area contributed by atoms with Crippen molar-refractivity contribution in [2.75, 3.05) is 5.32 Å². The Labute approximate surface area is 155 Å². The summed E-state index contributed by atoms with van der Waals surface area (Å²) < 4.78 is 7.77. The number of aromatic nitrogens is 2. The predicted octanol–water partition coefficient (Wildman–Crippen LogP) is 3.81. The molecule has 0 aliphatic carbocycles. The number of rotatable bonds is 6. The van der Waals surface area contributed by atoms with Crippen molar-refractivity contribution in [3.8, 4) is 0 Å². The van der Waals surface area contributed by atoms with E-state index in [1.54, 1.807) is 23.0 Å². The maximum absolute atomic E-state index is 12.2. The van der Waals surface area contributed by atoms with Gasteiger partial charge in [-0.1, -0.05) is 28.1 Å². The monoisotopic (exact) mass is 405 g/mol. The van der Waals surface area contributed by atoms with Crippen LogP contribution in [0.2, 0.25) is 0 Å². The predicted molar refractivity (Wildman–Crippen MR) is 100.0 cm³/mol. The summed E-state index contributed by atoms with van der Waals surface area (Å²) in [5.74, 6) is -0.427. The molecule has 2 rings (SSSR count). The highest BCUT2D eigenvalue weighted by Gasteiger charge is 2.18. The third-order valence-corrected chi connectivity index (χ3v) is 3.88. The molecule has 0 saturated carbocycles. The first kappa shape index (κ1) is 18.9. The van der Waals surface area contributed by atoms with E-state index in [2.05, 4.69) is 26.3 Å². The maximum Gasteiger partial charge on any atom is 0.331 e. The van der Waals surface area contributed by atoms with Gasteiger partial charge in [0.05, 0.1) is 6.20 Å². The molecule has 0 saturated heterocycles. The Hall–Kier alpha value is -2.41. The SMILES string of the molecule is CC(C)n1nccc1NC(=O)[C@@H](C)OC(=O)/C=C/c1ccc(Br)cc1. The second-order valence-electron chi connectivity index (χ2n) is 5.71. The summed E-state index contributed by atoms with van der Waals surface area (Å²) in [6.07, 6.45) is 3.61. The van der Waals surface area contributed by atoms with Crippen molar-refractivity contribution >= 4 is 39.7 Å². The number of esters is 1. The van der Waals surface area contributed by atoms with Gasteiger partial charge in [0, 0.05) is 22.7 Å². The van der Waals surface area contributed by atoms with Crippen LogP contribution in [-0.4, -0.2) is 27.8 Å². The maximum atomic E-state index is 12.2. The van der Waals surface area contributed by atoms with E-state index in [0.29, 0.717) is 5.82 Å². The molecule has 2 aromatic rings. The lowest BCUT2D eigenvalue weighted by Crippen LogP contribution is -2.30. The fourth-order valence-electron chi connectivity index (χ4n) is 2.06. The molecular weight excluding hydrogens is 386 g/mol. The normalized spacial score (nSPS) is 12.4.